The van der Waals surface area contributed by atoms with E-state index in [2.05, 4.69) is 26.8 Å². The van der Waals surface area contributed by atoms with Crippen molar-refractivity contribution in [3.63, 3.8) is 0 Å². The van der Waals surface area contributed by atoms with E-state index in [1.165, 1.54) is 17.4 Å². The fourth-order valence-corrected chi connectivity index (χ4v) is 3.43. The van der Waals surface area contributed by atoms with Crippen LogP contribution in [-0.4, -0.2) is 46.0 Å². The number of anilines is 1. The molecule has 0 N–H and O–H groups in total. The van der Waals surface area contributed by atoms with Gasteiger partial charge in [-0.05, 0) is 13.8 Å². The molecule has 3 heterocycles. The zero-order valence-corrected chi connectivity index (χ0v) is 13.0. The van der Waals surface area contributed by atoms with Crippen LogP contribution in [0.2, 0.25) is 0 Å². The Hall–Kier alpha value is -1.60. The van der Waals surface area contributed by atoms with Gasteiger partial charge in [0, 0.05) is 31.1 Å². The van der Waals surface area contributed by atoms with Gasteiger partial charge < -0.3 is 4.90 Å². The van der Waals surface area contributed by atoms with Crippen molar-refractivity contribution in [3.05, 3.63) is 33.9 Å². The number of aromatic nitrogens is 3. The van der Waals surface area contributed by atoms with E-state index in [1.54, 1.807) is 11.3 Å². The molecular weight excluding hydrogens is 289 g/mol. The van der Waals surface area contributed by atoms with Crippen molar-refractivity contribution in [1.29, 1.82) is 0 Å². The Balaban J connectivity index is 1.59. The summed E-state index contributed by atoms with van der Waals surface area (Å²) in [5.41, 5.74) is 1.12. The first-order valence-corrected chi connectivity index (χ1v) is 7.81. The molecule has 112 valence electrons. The van der Waals surface area contributed by atoms with Gasteiger partial charge in [0.2, 0.25) is 0 Å². The molecule has 3 rings (SSSR count). The Bertz CT molecular complexity index is 602. The molecule has 1 aliphatic rings. The van der Waals surface area contributed by atoms with Gasteiger partial charge in [-0.25, -0.2) is 19.3 Å². The molecule has 21 heavy (non-hydrogen) atoms. The van der Waals surface area contributed by atoms with Crippen LogP contribution in [0.4, 0.5) is 10.2 Å². The third-order valence-corrected chi connectivity index (χ3v) is 4.81. The summed E-state index contributed by atoms with van der Waals surface area (Å²) in [7, 11) is 0. The molecule has 0 unspecified atom stereocenters. The molecule has 0 radical (unpaired) electrons. The highest BCUT2D eigenvalue weighted by atomic mass is 32.1. The number of rotatable bonds is 3. The summed E-state index contributed by atoms with van der Waals surface area (Å²) in [6.45, 7) is 8.35. The van der Waals surface area contributed by atoms with E-state index in [0.717, 1.165) is 43.4 Å². The molecule has 1 saturated heterocycles. The number of halogens is 1. The molecule has 0 aliphatic carbocycles. The molecule has 0 atom stereocenters. The monoisotopic (exact) mass is 307 g/mol. The van der Waals surface area contributed by atoms with Gasteiger partial charge in [-0.15, -0.1) is 11.3 Å². The predicted octanol–water partition coefficient (Wildman–Crippen LogP) is 2.01. The molecule has 0 amide bonds. The highest BCUT2D eigenvalue weighted by Gasteiger charge is 2.21. The Morgan fingerprint density at radius 1 is 1.24 bits per heavy atom. The number of hydrogen-bond donors (Lipinski definition) is 0. The molecule has 0 aromatic carbocycles. The van der Waals surface area contributed by atoms with Crippen molar-refractivity contribution in [1.82, 2.24) is 19.9 Å². The minimum Gasteiger partial charge on any atom is -0.352 e. The van der Waals surface area contributed by atoms with Crippen LogP contribution in [-0.2, 0) is 6.54 Å². The number of thiazole rings is 1. The summed E-state index contributed by atoms with van der Waals surface area (Å²) < 4.78 is 13.7. The number of nitrogens with zero attached hydrogens (tertiary/aromatic N) is 5. The van der Waals surface area contributed by atoms with Crippen molar-refractivity contribution in [3.8, 4) is 0 Å². The Morgan fingerprint density at radius 2 is 2.00 bits per heavy atom. The smallest absolute Gasteiger partial charge is 0.183 e. The average Bonchev–Trinajstić information content (AvgIpc) is 2.79. The molecule has 0 saturated carbocycles. The number of piperazine rings is 1. The normalized spacial score (nSPS) is 16.4. The van der Waals surface area contributed by atoms with Gasteiger partial charge in [-0.1, -0.05) is 0 Å². The van der Waals surface area contributed by atoms with Crippen LogP contribution in [0.15, 0.2) is 12.5 Å². The lowest BCUT2D eigenvalue weighted by Gasteiger charge is -2.34. The topological polar surface area (TPSA) is 45.2 Å². The standard InChI is InChI=1S/C14H18FN5S/c1-10-11(2)21-13(18-10)8-19-3-5-20(6-4-19)14-12(15)7-16-9-17-14/h7,9H,3-6,8H2,1-2H3. The minimum atomic E-state index is -0.350. The lowest BCUT2D eigenvalue weighted by atomic mass is 10.3. The number of aryl methyl sites for hydroxylation is 2. The van der Waals surface area contributed by atoms with Crippen LogP contribution in [0.5, 0.6) is 0 Å². The second-order valence-corrected chi connectivity index (χ2v) is 6.49. The van der Waals surface area contributed by atoms with Gasteiger partial charge in [-0.2, -0.15) is 0 Å². The summed E-state index contributed by atoms with van der Waals surface area (Å²) in [5, 5.41) is 1.16. The molecule has 0 bridgehead atoms. The van der Waals surface area contributed by atoms with Crippen molar-refractivity contribution in [2.75, 3.05) is 31.1 Å². The molecule has 2 aromatic heterocycles. The summed E-state index contributed by atoms with van der Waals surface area (Å²) in [4.78, 5) is 17.9. The van der Waals surface area contributed by atoms with Crippen LogP contribution in [0.25, 0.3) is 0 Å². The number of hydrogen-bond acceptors (Lipinski definition) is 6. The van der Waals surface area contributed by atoms with Crippen molar-refractivity contribution >= 4 is 17.2 Å². The zero-order chi connectivity index (χ0) is 14.8. The first kappa shape index (κ1) is 14.3. The third kappa shape index (κ3) is 3.19. The van der Waals surface area contributed by atoms with Gasteiger partial charge in [0.05, 0.1) is 18.4 Å². The van der Waals surface area contributed by atoms with E-state index in [-0.39, 0.29) is 5.82 Å². The highest BCUT2D eigenvalue weighted by molar-refractivity contribution is 7.11. The van der Waals surface area contributed by atoms with E-state index in [0.29, 0.717) is 5.82 Å². The summed E-state index contributed by atoms with van der Waals surface area (Å²) in [6, 6.07) is 0. The zero-order valence-electron chi connectivity index (χ0n) is 12.2. The fraction of sp³-hybridized carbons (Fsp3) is 0.500. The largest absolute Gasteiger partial charge is 0.352 e. The van der Waals surface area contributed by atoms with Gasteiger partial charge in [0.15, 0.2) is 11.6 Å². The van der Waals surface area contributed by atoms with Gasteiger partial charge in [-0.3, -0.25) is 4.90 Å². The van der Waals surface area contributed by atoms with E-state index in [1.807, 2.05) is 11.8 Å². The lowest BCUT2D eigenvalue weighted by Crippen LogP contribution is -2.46. The van der Waals surface area contributed by atoms with E-state index < -0.39 is 0 Å². The van der Waals surface area contributed by atoms with Gasteiger partial charge >= 0.3 is 0 Å². The minimum absolute atomic E-state index is 0.350. The maximum Gasteiger partial charge on any atom is 0.183 e. The maximum atomic E-state index is 13.7. The molecular formula is C14H18FN5S. The predicted molar refractivity (Wildman–Crippen MR) is 81.1 cm³/mol. The Morgan fingerprint density at radius 3 is 2.62 bits per heavy atom. The van der Waals surface area contributed by atoms with E-state index >= 15 is 0 Å². The summed E-state index contributed by atoms with van der Waals surface area (Å²) >= 11 is 1.76. The van der Waals surface area contributed by atoms with Crippen LogP contribution in [0, 0.1) is 19.7 Å². The van der Waals surface area contributed by atoms with Crippen LogP contribution >= 0.6 is 11.3 Å². The second-order valence-electron chi connectivity index (χ2n) is 5.21. The van der Waals surface area contributed by atoms with Crippen LogP contribution in [0.1, 0.15) is 15.6 Å². The second kappa shape index (κ2) is 6.03. The van der Waals surface area contributed by atoms with E-state index in [9.17, 15) is 4.39 Å². The molecule has 5 nitrogen and oxygen atoms in total. The Kier molecular flexibility index (Phi) is 4.12. The van der Waals surface area contributed by atoms with Crippen molar-refractivity contribution in [2.45, 2.75) is 20.4 Å². The molecule has 1 fully saturated rings. The van der Waals surface area contributed by atoms with Crippen LogP contribution < -0.4 is 4.90 Å². The molecule has 7 heteroatoms. The Labute approximate surface area is 127 Å². The molecule has 0 spiro atoms. The van der Waals surface area contributed by atoms with Crippen molar-refractivity contribution < 1.29 is 4.39 Å². The first-order chi connectivity index (χ1) is 10.1. The summed E-state index contributed by atoms with van der Waals surface area (Å²) in [6.07, 6.45) is 2.61. The summed E-state index contributed by atoms with van der Waals surface area (Å²) in [5.74, 6) is 0.0581. The SMILES string of the molecule is Cc1nc(CN2CCN(c3ncncc3F)CC2)sc1C. The third-order valence-electron chi connectivity index (χ3n) is 3.75. The highest BCUT2D eigenvalue weighted by Crippen LogP contribution is 2.20. The molecule has 1 aliphatic heterocycles. The quantitative estimate of drug-likeness (QED) is 0.868. The maximum absolute atomic E-state index is 13.7. The van der Waals surface area contributed by atoms with Gasteiger partial charge in [0.1, 0.15) is 11.3 Å². The van der Waals surface area contributed by atoms with Gasteiger partial charge in [0.25, 0.3) is 0 Å². The first-order valence-electron chi connectivity index (χ1n) is 6.99. The van der Waals surface area contributed by atoms with E-state index in [4.69, 9.17) is 0 Å². The van der Waals surface area contributed by atoms with Crippen molar-refractivity contribution in [2.24, 2.45) is 0 Å². The fourth-order valence-electron chi connectivity index (χ4n) is 2.45. The average molecular weight is 307 g/mol. The lowest BCUT2D eigenvalue weighted by molar-refractivity contribution is 0.248. The van der Waals surface area contributed by atoms with Crippen LogP contribution in [0.3, 0.4) is 0 Å². The molecule has 2 aromatic rings.